The van der Waals surface area contributed by atoms with E-state index < -0.39 is 0 Å². The van der Waals surface area contributed by atoms with Crippen molar-refractivity contribution in [1.29, 1.82) is 0 Å². The van der Waals surface area contributed by atoms with Crippen LogP contribution in [-0.2, 0) is 9.47 Å². The second-order valence-electron chi connectivity index (χ2n) is 6.12. The molecule has 0 aromatic rings. The van der Waals surface area contributed by atoms with Gasteiger partial charge in [-0.3, -0.25) is 4.90 Å². The van der Waals surface area contributed by atoms with Gasteiger partial charge in [-0.05, 0) is 26.2 Å². The third-order valence-corrected chi connectivity index (χ3v) is 4.52. The number of nitrogens with one attached hydrogen (secondary N) is 1. The normalized spacial score (nSPS) is 27.9. The number of nitrogens with zero attached hydrogens (tertiary/aromatic N) is 1. The summed E-state index contributed by atoms with van der Waals surface area (Å²) in [5, 5.41) is 3.72. The smallest absolute Gasteiger partial charge is 0.0700 e. The molecule has 1 rings (SSSR count). The fraction of sp³-hybridized carbons (Fsp3) is 1.00. The Kier molecular flexibility index (Phi) is 8.69. The summed E-state index contributed by atoms with van der Waals surface area (Å²) in [6.07, 6.45) is 4.84. The van der Waals surface area contributed by atoms with Crippen LogP contribution in [0.1, 0.15) is 46.5 Å². The number of hydrogen-bond acceptors (Lipinski definition) is 4. The lowest BCUT2D eigenvalue weighted by Crippen LogP contribution is -2.63. The second kappa shape index (κ2) is 9.72. The van der Waals surface area contributed by atoms with E-state index >= 15 is 0 Å². The largest absolute Gasteiger partial charge is 0.382 e. The fourth-order valence-electron chi connectivity index (χ4n) is 2.88. The number of hydrogen-bond donors (Lipinski definition) is 1. The van der Waals surface area contributed by atoms with E-state index in [9.17, 15) is 0 Å². The summed E-state index contributed by atoms with van der Waals surface area (Å²) in [7, 11) is 1.71. The standard InChI is InChI=1S/C16H34N2O2/c1-5-8-15-13-18(16(3,6-2)14-17-15)9-7-10-20-12-11-19-4/h15,17H,5-14H2,1-4H3. The van der Waals surface area contributed by atoms with Gasteiger partial charge in [0.05, 0.1) is 13.2 Å². The monoisotopic (exact) mass is 286 g/mol. The molecule has 0 aliphatic carbocycles. The first-order valence-electron chi connectivity index (χ1n) is 8.21. The molecule has 1 saturated heterocycles. The van der Waals surface area contributed by atoms with Crippen LogP contribution in [0.3, 0.4) is 0 Å². The molecule has 4 nitrogen and oxygen atoms in total. The van der Waals surface area contributed by atoms with Crippen molar-refractivity contribution in [3.05, 3.63) is 0 Å². The van der Waals surface area contributed by atoms with Crippen molar-refractivity contribution in [3.8, 4) is 0 Å². The van der Waals surface area contributed by atoms with Crippen LogP contribution in [0, 0.1) is 0 Å². The summed E-state index contributed by atoms with van der Waals surface area (Å²) < 4.78 is 10.6. The first kappa shape index (κ1) is 17.9. The third-order valence-electron chi connectivity index (χ3n) is 4.52. The summed E-state index contributed by atoms with van der Waals surface area (Å²) in [6, 6.07) is 0.661. The minimum Gasteiger partial charge on any atom is -0.382 e. The zero-order valence-corrected chi connectivity index (χ0v) is 13.9. The van der Waals surface area contributed by atoms with Crippen LogP contribution in [0.5, 0.6) is 0 Å². The number of methoxy groups -OCH3 is 1. The van der Waals surface area contributed by atoms with Gasteiger partial charge in [0.25, 0.3) is 0 Å². The van der Waals surface area contributed by atoms with Gasteiger partial charge in [-0.15, -0.1) is 0 Å². The summed E-state index contributed by atoms with van der Waals surface area (Å²) in [4.78, 5) is 2.67. The van der Waals surface area contributed by atoms with Gasteiger partial charge in [-0.1, -0.05) is 20.3 Å². The Labute approximate surface area is 125 Å². The highest BCUT2D eigenvalue weighted by Crippen LogP contribution is 2.24. The van der Waals surface area contributed by atoms with Crippen LogP contribution in [-0.4, -0.2) is 63.0 Å². The van der Waals surface area contributed by atoms with Crippen molar-refractivity contribution in [2.45, 2.75) is 58.0 Å². The minimum atomic E-state index is 0.302. The third kappa shape index (κ3) is 5.68. The molecule has 1 aliphatic rings. The molecule has 0 spiro atoms. The van der Waals surface area contributed by atoms with E-state index in [1.807, 2.05) is 0 Å². The van der Waals surface area contributed by atoms with Crippen molar-refractivity contribution in [3.63, 3.8) is 0 Å². The average Bonchev–Trinajstić information content (AvgIpc) is 2.46. The van der Waals surface area contributed by atoms with Crippen molar-refractivity contribution in [1.82, 2.24) is 10.2 Å². The number of rotatable bonds is 10. The second-order valence-corrected chi connectivity index (χ2v) is 6.12. The Morgan fingerprint density at radius 3 is 2.70 bits per heavy atom. The summed E-state index contributed by atoms with van der Waals surface area (Å²) >= 11 is 0. The van der Waals surface area contributed by atoms with E-state index in [1.54, 1.807) is 7.11 Å². The number of ether oxygens (including phenoxy) is 2. The quantitative estimate of drug-likeness (QED) is 0.625. The molecule has 4 heteroatoms. The van der Waals surface area contributed by atoms with Crippen LogP contribution in [0.25, 0.3) is 0 Å². The van der Waals surface area contributed by atoms with E-state index in [-0.39, 0.29) is 0 Å². The van der Waals surface area contributed by atoms with Gasteiger partial charge in [-0.25, -0.2) is 0 Å². The Morgan fingerprint density at radius 2 is 2.05 bits per heavy atom. The van der Waals surface area contributed by atoms with E-state index in [4.69, 9.17) is 9.47 Å². The van der Waals surface area contributed by atoms with Crippen LogP contribution in [0.2, 0.25) is 0 Å². The zero-order valence-electron chi connectivity index (χ0n) is 13.9. The molecule has 20 heavy (non-hydrogen) atoms. The lowest BCUT2D eigenvalue weighted by atomic mass is 9.91. The molecule has 120 valence electrons. The van der Waals surface area contributed by atoms with Crippen molar-refractivity contribution in [2.24, 2.45) is 0 Å². The predicted octanol–water partition coefficient (Wildman–Crippen LogP) is 2.28. The maximum absolute atomic E-state index is 5.57. The molecule has 1 N–H and O–H groups in total. The minimum absolute atomic E-state index is 0.302. The van der Waals surface area contributed by atoms with Gasteiger partial charge in [0, 0.05) is 44.9 Å². The lowest BCUT2D eigenvalue weighted by molar-refractivity contribution is 0.0280. The highest BCUT2D eigenvalue weighted by Gasteiger charge is 2.35. The Bertz CT molecular complexity index is 251. The van der Waals surface area contributed by atoms with Gasteiger partial charge < -0.3 is 14.8 Å². The Morgan fingerprint density at radius 1 is 1.25 bits per heavy atom. The molecular formula is C16H34N2O2. The Hall–Kier alpha value is -0.160. The SMILES string of the molecule is CCCC1CN(CCCOCCOC)C(C)(CC)CN1. The molecule has 1 heterocycles. The van der Waals surface area contributed by atoms with Gasteiger partial charge in [0.1, 0.15) is 0 Å². The first-order chi connectivity index (χ1) is 9.66. The summed E-state index contributed by atoms with van der Waals surface area (Å²) in [6.45, 7) is 12.6. The summed E-state index contributed by atoms with van der Waals surface area (Å²) in [5.41, 5.74) is 0.302. The van der Waals surface area contributed by atoms with E-state index in [2.05, 4.69) is 31.0 Å². The fourth-order valence-corrected chi connectivity index (χ4v) is 2.88. The van der Waals surface area contributed by atoms with E-state index in [0.717, 1.165) is 26.1 Å². The average molecular weight is 286 g/mol. The molecule has 1 fully saturated rings. The van der Waals surface area contributed by atoms with Gasteiger partial charge >= 0.3 is 0 Å². The maximum atomic E-state index is 5.57. The molecule has 0 radical (unpaired) electrons. The predicted molar refractivity (Wildman–Crippen MR) is 84.3 cm³/mol. The molecule has 0 aromatic heterocycles. The lowest BCUT2D eigenvalue weighted by Gasteiger charge is -2.48. The van der Waals surface area contributed by atoms with Gasteiger partial charge in [0.15, 0.2) is 0 Å². The topological polar surface area (TPSA) is 33.7 Å². The molecular weight excluding hydrogens is 252 g/mol. The molecule has 0 bridgehead atoms. The molecule has 2 unspecified atom stereocenters. The molecule has 1 aliphatic heterocycles. The van der Waals surface area contributed by atoms with E-state index in [1.165, 1.54) is 25.8 Å². The number of piperazine rings is 1. The molecule has 0 aromatic carbocycles. The molecule has 0 saturated carbocycles. The first-order valence-corrected chi connectivity index (χ1v) is 8.21. The molecule has 0 amide bonds. The summed E-state index contributed by atoms with van der Waals surface area (Å²) in [5.74, 6) is 0. The highest BCUT2D eigenvalue weighted by molar-refractivity contribution is 4.94. The van der Waals surface area contributed by atoms with E-state index in [0.29, 0.717) is 24.8 Å². The maximum Gasteiger partial charge on any atom is 0.0700 e. The highest BCUT2D eigenvalue weighted by atomic mass is 16.5. The van der Waals surface area contributed by atoms with Gasteiger partial charge in [0.2, 0.25) is 0 Å². The van der Waals surface area contributed by atoms with Crippen molar-refractivity contribution < 1.29 is 9.47 Å². The van der Waals surface area contributed by atoms with Crippen molar-refractivity contribution in [2.75, 3.05) is 46.6 Å². The van der Waals surface area contributed by atoms with Gasteiger partial charge in [-0.2, -0.15) is 0 Å². The molecule has 2 atom stereocenters. The van der Waals surface area contributed by atoms with Crippen LogP contribution in [0.4, 0.5) is 0 Å². The van der Waals surface area contributed by atoms with Crippen LogP contribution < -0.4 is 5.32 Å². The van der Waals surface area contributed by atoms with Crippen LogP contribution >= 0.6 is 0 Å². The van der Waals surface area contributed by atoms with Crippen molar-refractivity contribution >= 4 is 0 Å². The zero-order chi connectivity index (χ0) is 14.8. The Balaban J connectivity index is 2.33. The van der Waals surface area contributed by atoms with Crippen LogP contribution in [0.15, 0.2) is 0 Å².